The minimum Gasteiger partial charge on any atom is -0.426 e. The highest BCUT2D eigenvalue weighted by atomic mass is 16.4. The molecule has 0 spiro atoms. The van der Waals surface area contributed by atoms with E-state index in [1.54, 1.807) is 6.92 Å². The van der Waals surface area contributed by atoms with Gasteiger partial charge in [-0.2, -0.15) is 0 Å². The summed E-state index contributed by atoms with van der Waals surface area (Å²) in [6.07, 6.45) is 0.784. The molecule has 2 aromatic rings. The van der Waals surface area contributed by atoms with E-state index < -0.39 is 0 Å². The molecule has 0 fully saturated rings. The monoisotopic (exact) mass is 259 g/mol. The molecule has 0 saturated heterocycles. The van der Waals surface area contributed by atoms with Gasteiger partial charge in [0.05, 0.1) is 0 Å². The van der Waals surface area contributed by atoms with E-state index in [2.05, 4.69) is 15.5 Å². The third-order valence-corrected chi connectivity index (χ3v) is 2.92. The van der Waals surface area contributed by atoms with Gasteiger partial charge in [0, 0.05) is 25.5 Å². The predicted octanol–water partition coefficient (Wildman–Crippen LogP) is 2.57. The van der Waals surface area contributed by atoms with E-state index in [9.17, 15) is 4.79 Å². The van der Waals surface area contributed by atoms with E-state index in [0.717, 1.165) is 11.3 Å². The normalized spacial score (nSPS) is 10.5. The lowest BCUT2D eigenvalue weighted by Gasteiger charge is -2.06. The Morgan fingerprint density at radius 3 is 2.63 bits per heavy atom. The minimum absolute atomic E-state index is 0.0564. The number of benzene rings is 1. The summed E-state index contributed by atoms with van der Waals surface area (Å²) >= 11 is 0. The molecule has 0 aliphatic rings. The number of aromatic nitrogens is 2. The molecule has 1 N–H and O–H groups in total. The van der Waals surface area contributed by atoms with Gasteiger partial charge in [-0.1, -0.05) is 6.07 Å². The molecule has 100 valence electrons. The minimum atomic E-state index is -0.0564. The number of rotatable bonds is 4. The SMILES string of the molecule is Cc1nnc(CCC(=O)Nc2ccc(C)c(C)c2)o1. The van der Waals surface area contributed by atoms with Gasteiger partial charge in [0.2, 0.25) is 17.7 Å². The lowest BCUT2D eigenvalue weighted by Crippen LogP contribution is -2.12. The molecule has 0 atom stereocenters. The maximum absolute atomic E-state index is 11.8. The van der Waals surface area contributed by atoms with Crippen molar-refractivity contribution in [2.45, 2.75) is 33.6 Å². The number of amides is 1. The molecule has 0 unspecified atom stereocenters. The van der Waals surface area contributed by atoms with Gasteiger partial charge in [-0.05, 0) is 37.1 Å². The second kappa shape index (κ2) is 5.65. The first-order valence-corrected chi connectivity index (χ1v) is 6.20. The maximum Gasteiger partial charge on any atom is 0.224 e. The molecule has 2 rings (SSSR count). The van der Waals surface area contributed by atoms with Crippen molar-refractivity contribution in [3.8, 4) is 0 Å². The van der Waals surface area contributed by atoms with Crippen LogP contribution >= 0.6 is 0 Å². The Hall–Kier alpha value is -2.17. The Balaban J connectivity index is 1.88. The number of hydrogen-bond donors (Lipinski definition) is 1. The highest BCUT2D eigenvalue weighted by Crippen LogP contribution is 2.14. The molecule has 19 heavy (non-hydrogen) atoms. The van der Waals surface area contributed by atoms with Crippen LogP contribution in [-0.4, -0.2) is 16.1 Å². The van der Waals surface area contributed by atoms with Gasteiger partial charge in [0.25, 0.3) is 0 Å². The second-order valence-corrected chi connectivity index (χ2v) is 4.56. The van der Waals surface area contributed by atoms with E-state index in [-0.39, 0.29) is 5.91 Å². The number of nitrogens with one attached hydrogen (secondary N) is 1. The topological polar surface area (TPSA) is 68.0 Å². The fourth-order valence-electron chi connectivity index (χ4n) is 1.70. The first-order chi connectivity index (χ1) is 9.04. The van der Waals surface area contributed by atoms with Gasteiger partial charge in [-0.25, -0.2) is 0 Å². The van der Waals surface area contributed by atoms with Crippen LogP contribution in [0.25, 0.3) is 0 Å². The fraction of sp³-hybridized carbons (Fsp3) is 0.357. The molecular formula is C14H17N3O2. The summed E-state index contributed by atoms with van der Waals surface area (Å²) in [5, 5.41) is 10.4. The van der Waals surface area contributed by atoms with Gasteiger partial charge in [-0.3, -0.25) is 4.79 Å². The smallest absolute Gasteiger partial charge is 0.224 e. The van der Waals surface area contributed by atoms with Crippen LogP contribution in [0.1, 0.15) is 29.3 Å². The van der Waals surface area contributed by atoms with Crippen LogP contribution in [0, 0.1) is 20.8 Å². The van der Waals surface area contributed by atoms with Crippen LogP contribution in [0.5, 0.6) is 0 Å². The van der Waals surface area contributed by atoms with Crippen molar-refractivity contribution in [3.63, 3.8) is 0 Å². The summed E-state index contributed by atoms with van der Waals surface area (Å²) in [6, 6.07) is 5.85. The highest BCUT2D eigenvalue weighted by Gasteiger charge is 2.07. The van der Waals surface area contributed by atoms with E-state index in [4.69, 9.17) is 4.42 Å². The molecule has 1 heterocycles. The molecule has 0 aliphatic carbocycles. The van der Waals surface area contributed by atoms with Gasteiger partial charge in [0.1, 0.15) is 0 Å². The average Bonchev–Trinajstić information content (AvgIpc) is 2.77. The van der Waals surface area contributed by atoms with Gasteiger partial charge in [0.15, 0.2) is 0 Å². The molecule has 5 nitrogen and oxygen atoms in total. The summed E-state index contributed by atoms with van der Waals surface area (Å²) < 4.78 is 5.22. The van der Waals surface area contributed by atoms with Crippen molar-refractivity contribution in [2.75, 3.05) is 5.32 Å². The van der Waals surface area contributed by atoms with Crippen molar-refractivity contribution in [3.05, 3.63) is 41.1 Å². The van der Waals surface area contributed by atoms with Crippen molar-refractivity contribution in [1.29, 1.82) is 0 Å². The Kier molecular flexibility index (Phi) is 3.94. The quantitative estimate of drug-likeness (QED) is 0.916. The molecule has 0 saturated carbocycles. The predicted molar refractivity (Wildman–Crippen MR) is 71.9 cm³/mol. The number of hydrogen-bond acceptors (Lipinski definition) is 4. The van der Waals surface area contributed by atoms with Crippen LogP contribution in [0.15, 0.2) is 22.6 Å². The van der Waals surface area contributed by atoms with Crippen LogP contribution < -0.4 is 5.32 Å². The zero-order valence-electron chi connectivity index (χ0n) is 11.4. The van der Waals surface area contributed by atoms with Crippen LogP contribution in [0.4, 0.5) is 5.69 Å². The summed E-state index contributed by atoms with van der Waals surface area (Å²) in [4.78, 5) is 11.8. The number of carbonyl (C=O) groups excluding carboxylic acids is 1. The van der Waals surface area contributed by atoms with Crippen molar-refractivity contribution in [2.24, 2.45) is 0 Å². The number of anilines is 1. The summed E-state index contributed by atoms with van der Waals surface area (Å²) in [5.41, 5.74) is 3.18. The lowest BCUT2D eigenvalue weighted by molar-refractivity contribution is -0.116. The number of aryl methyl sites for hydroxylation is 4. The Labute approximate surface area is 112 Å². The average molecular weight is 259 g/mol. The Morgan fingerprint density at radius 2 is 2.00 bits per heavy atom. The van der Waals surface area contributed by atoms with Crippen molar-refractivity contribution >= 4 is 11.6 Å². The zero-order valence-corrected chi connectivity index (χ0v) is 11.4. The standard InChI is InChI=1S/C14H17N3O2/c1-9-4-5-12(8-10(9)2)15-13(18)6-7-14-17-16-11(3)19-14/h4-5,8H,6-7H2,1-3H3,(H,15,18). The van der Waals surface area contributed by atoms with Crippen LogP contribution in [0.3, 0.4) is 0 Å². The summed E-state index contributed by atoms with van der Waals surface area (Å²) in [6.45, 7) is 5.79. The Bertz CT molecular complexity index is 590. The van der Waals surface area contributed by atoms with Crippen molar-refractivity contribution in [1.82, 2.24) is 10.2 Å². The molecule has 1 amide bonds. The van der Waals surface area contributed by atoms with Crippen LogP contribution in [-0.2, 0) is 11.2 Å². The van der Waals surface area contributed by atoms with Gasteiger partial charge >= 0.3 is 0 Å². The van der Waals surface area contributed by atoms with E-state index >= 15 is 0 Å². The lowest BCUT2D eigenvalue weighted by atomic mass is 10.1. The summed E-state index contributed by atoms with van der Waals surface area (Å²) in [5.74, 6) is 0.955. The first-order valence-electron chi connectivity index (χ1n) is 6.20. The second-order valence-electron chi connectivity index (χ2n) is 4.56. The van der Waals surface area contributed by atoms with E-state index in [1.807, 2.05) is 32.0 Å². The van der Waals surface area contributed by atoms with Gasteiger partial charge < -0.3 is 9.73 Å². The third-order valence-electron chi connectivity index (χ3n) is 2.92. The number of nitrogens with zero attached hydrogens (tertiary/aromatic N) is 2. The molecular weight excluding hydrogens is 242 g/mol. The van der Waals surface area contributed by atoms with E-state index in [0.29, 0.717) is 24.6 Å². The van der Waals surface area contributed by atoms with Crippen LogP contribution in [0.2, 0.25) is 0 Å². The van der Waals surface area contributed by atoms with E-state index in [1.165, 1.54) is 5.56 Å². The molecule has 0 radical (unpaired) electrons. The fourth-order valence-corrected chi connectivity index (χ4v) is 1.70. The molecule has 5 heteroatoms. The first kappa shape index (κ1) is 13.3. The third kappa shape index (κ3) is 3.64. The molecule has 0 bridgehead atoms. The molecule has 1 aromatic heterocycles. The Morgan fingerprint density at radius 1 is 1.21 bits per heavy atom. The maximum atomic E-state index is 11.8. The van der Waals surface area contributed by atoms with Gasteiger partial charge in [-0.15, -0.1) is 10.2 Å². The molecule has 0 aliphatic heterocycles. The van der Waals surface area contributed by atoms with Crippen molar-refractivity contribution < 1.29 is 9.21 Å². The summed E-state index contributed by atoms with van der Waals surface area (Å²) in [7, 11) is 0. The molecule has 1 aromatic carbocycles. The largest absolute Gasteiger partial charge is 0.426 e. The number of carbonyl (C=O) groups is 1. The highest BCUT2D eigenvalue weighted by molar-refractivity contribution is 5.90. The zero-order chi connectivity index (χ0) is 13.8.